The van der Waals surface area contributed by atoms with E-state index in [1.165, 1.54) is 23.5 Å². The molecule has 1 aromatic carbocycles. The average Bonchev–Trinajstić information content (AvgIpc) is 2.47. The van der Waals surface area contributed by atoms with Gasteiger partial charge in [0.1, 0.15) is 5.75 Å². The smallest absolute Gasteiger partial charge is 0.243 e. The molecule has 0 radical (unpaired) electrons. The zero-order chi connectivity index (χ0) is 13.9. The maximum Gasteiger partial charge on any atom is 0.243 e. The average molecular weight is 287 g/mol. The second-order valence-corrected chi connectivity index (χ2v) is 6.09. The quantitative estimate of drug-likeness (QED) is 0.848. The lowest BCUT2D eigenvalue weighted by Crippen LogP contribution is -2.50. The molecule has 0 aliphatic carbocycles. The third-order valence-electron chi connectivity index (χ3n) is 3.05. The fraction of sp³-hybridized carbons (Fsp3) is 0.500. The number of ether oxygens (including phenoxy) is 2. The SMILES string of the molecule is COc1ccc(S(=O)(=O)N2CCOCC2CO)cc1. The summed E-state index contributed by atoms with van der Waals surface area (Å²) in [4.78, 5) is 0.189. The van der Waals surface area contributed by atoms with E-state index in [0.29, 0.717) is 12.4 Å². The lowest BCUT2D eigenvalue weighted by Gasteiger charge is -2.33. The summed E-state index contributed by atoms with van der Waals surface area (Å²) in [6.45, 7) is 0.548. The van der Waals surface area contributed by atoms with Crippen LogP contribution in [0.1, 0.15) is 0 Å². The van der Waals surface area contributed by atoms with Crippen LogP contribution in [0, 0.1) is 0 Å². The lowest BCUT2D eigenvalue weighted by atomic mass is 10.3. The number of methoxy groups -OCH3 is 1. The first-order chi connectivity index (χ1) is 9.09. The summed E-state index contributed by atoms with van der Waals surface area (Å²) in [5, 5.41) is 9.25. The highest BCUT2D eigenvalue weighted by Crippen LogP contribution is 2.22. The van der Waals surface area contributed by atoms with E-state index in [0.717, 1.165) is 0 Å². The van der Waals surface area contributed by atoms with E-state index in [2.05, 4.69) is 0 Å². The Morgan fingerprint density at radius 2 is 2.11 bits per heavy atom. The molecule has 1 saturated heterocycles. The van der Waals surface area contributed by atoms with Crippen LogP contribution in [0.15, 0.2) is 29.2 Å². The van der Waals surface area contributed by atoms with Crippen molar-refractivity contribution >= 4 is 10.0 Å². The zero-order valence-corrected chi connectivity index (χ0v) is 11.5. The fourth-order valence-electron chi connectivity index (χ4n) is 1.98. The molecular weight excluding hydrogens is 270 g/mol. The molecule has 1 aliphatic heterocycles. The third kappa shape index (κ3) is 2.89. The number of hydrogen-bond acceptors (Lipinski definition) is 5. The maximum atomic E-state index is 12.5. The predicted octanol–water partition coefficient (Wildman–Crippen LogP) is 0.0770. The molecule has 1 aromatic rings. The van der Waals surface area contributed by atoms with Gasteiger partial charge in [0, 0.05) is 6.54 Å². The zero-order valence-electron chi connectivity index (χ0n) is 10.7. The van der Waals surface area contributed by atoms with Gasteiger partial charge in [-0.3, -0.25) is 0 Å². The molecule has 7 heteroatoms. The Labute approximate surface area is 112 Å². The van der Waals surface area contributed by atoms with Crippen LogP contribution in [-0.2, 0) is 14.8 Å². The van der Waals surface area contributed by atoms with E-state index in [1.807, 2.05) is 0 Å². The molecule has 1 unspecified atom stereocenters. The highest BCUT2D eigenvalue weighted by molar-refractivity contribution is 7.89. The standard InChI is InChI=1S/C12H17NO5S/c1-17-11-2-4-12(5-3-11)19(15,16)13-6-7-18-9-10(13)8-14/h2-5,10,14H,6-9H2,1H3. The first-order valence-corrected chi connectivity index (χ1v) is 7.38. The molecule has 1 aliphatic rings. The molecule has 0 spiro atoms. The normalized spacial score (nSPS) is 21.3. The molecule has 1 fully saturated rings. The third-order valence-corrected chi connectivity index (χ3v) is 5.02. The van der Waals surface area contributed by atoms with E-state index in [9.17, 15) is 13.5 Å². The van der Waals surface area contributed by atoms with Crippen LogP contribution in [0.4, 0.5) is 0 Å². The molecule has 0 aromatic heterocycles. The van der Waals surface area contributed by atoms with Crippen LogP contribution in [0.2, 0.25) is 0 Å². The number of nitrogens with zero attached hydrogens (tertiary/aromatic N) is 1. The van der Waals surface area contributed by atoms with E-state index < -0.39 is 16.1 Å². The van der Waals surface area contributed by atoms with Gasteiger partial charge >= 0.3 is 0 Å². The van der Waals surface area contributed by atoms with Gasteiger partial charge in [0.15, 0.2) is 0 Å². The van der Waals surface area contributed by atoms with E-state index in [4.69, 9.17) is 9.47 Å². The molecular formula is C12H17NO5S. The van der Waals surface area contributed by atoms with Gasteiger partial charge in [-0.25, -0.2) is 8.42 Å². The van der Waals surface area contributed by atoms with Crippen LogP contribution in [0.5, 0.6) is 5.75 Å². The molecule has 19 heavy (non-hydrogen) atoms. The summed E-state index contributed by atoms with van der Waals surface area (Å²) >= 11 is 0. The van der Waals surface area contributed by atoms with Crippen molar-refractivity contribution in [2.75, 3.05) is 33.5 Å². The molecule has 2 rings (SSSR count). The second-order valence-electron chi connectivity index (χ2n) is 4.20. The highest BCUT2D eigenvalue weighted by atomic mass is 32.2. The van der Waals surface area contributed by atoms with Gasteiger partial charge in [0.25, 0.3) is 0 Å². The molecule has 0 bridgehead atoms. The van der Waals surface area contributed by atoms with E-state index >= 15 is 0 Å². The van der Waals surface area contributed by atoms with Crippen LogP contribution in [-0.4, -0.2) is 57.3 Å². The van der Waals surface area contributed by atoms with Gasteiger partial charge in [-0.1, -0.05) is 0 Å². The first kappa shape index (κ1) is 14.3. The Hall–Kier alpha value is -1.15. The van der Waals surface area contributed by atoms with Crippen molar-refractivity contribution in [2.45, 2.75) is 10.9 Å². The Balaban J connectivity index is 2.29. The lowest BCUT2D eigenvalue weighted by molar-refractivity contribution is 0.0109. The Kier molecular flexibility index (Phi) is 4.41. The summed E-state index contributed by atoms with van der Waals surface area (Å²) in [5.41, 5.74) is 0. The van der Waals surface area contributed by atoms with Crippen molar-refractivity contribution in [3.63, 3.8) is 0 Å². The summed E-state index contributed by atoms with van der Waals surface area (Å²) in [7, 11) is -2.09. The second kappa shape index (κ2) is 5.87. The van der Waals surface area contributed by atoms with Gasteiger partial charge < -0.3 is 14.6 Å². The van der Waals surface area contributed by atoms with Crippen molar-refractivity contribution in [3.05, 3.63) is 24.3 Å². The largest absolute Gasteiger partial charge is 0.497 e. The number of aliphatic hydroxyl groups is 1. The molecule has 0 saturated carbocycles. The van der Waals surface area contributed by atoms with E-state index in [1.54, 1.807) is 12.1 Å². The summed E-state index contributed by atoms with van der Waals surface area (Å²) in [6, 6.07) is 5.67. The van der Waals surface area contributed by atoms with Crippen LogP contribution >= 0.6 is 0 Å². The number of morpholine rings is 1. The Bertz CT molecular complexity index is 513. The van der Waals surface area contributed by atoms with Crippen molar-refractivity contribution < 1.29 is 23.0 Å². The number of hydrogen-bond donors (Lipinski definition) is 1. The van der Waals surface area contributed by atoms with Crippen LogP contribution < -0.4 is 4.74 Å². The topological polar surface area (TPSA) is 76.1 Å². The highest BCUT2D eigenvalue weighted by Gasteiger charge is 2.33. The number of aliphatic hydroxyl groups excluding tert-OH is 1. The Morgan fingerprint density at radius 1 is 1.42 bits per heavy atom. The Morgan fingerprint density at radius 3 is 2.68 bits per heavy atom. The molecule has 1 atom stereocenters. The maximum absolute atomic E-state index is 12.5. The van der Waals surface area contributed by atoms with Crippen LogP contribution in [0.3, 0.4) is 0 Å². The van der Waals surface area contributed by atoms with E-state index in [-0.39, 0.29) is 24.7 Å². The summed E-state index contributed by atoms with van der Waals surface area (Å²) in [6.07, 6.45) is 0. The first-order valence-electron chi connectivity index (χ1n) is 5.94. The molecule has 0 amide bonds. The molecule has 6 nitrogen and oxygen atoms in total. The van der Waals surface area contributed by atoms with Crippen molar-refractivity contribution in [2.24, 2.45) is 0 Å². The summed E-state index contributed by atoms with van der Waals surface area (Å²) < 4.78 is 36.4. The van der Waals surface area contributed by atoms with Crippen molar-refractivity contribution in [1.82, 2.24) is 4.31 Å². The van der Waals surface area contributed by atoms with Crippen molar-refractivity contribution in [3.8, 4) is 5.75 Å². The molecule has 1 heterocycles. The van der Waals surface area contributed by atoms with Gasteiger partial charge in [0.05, 0.1) is 37.9 Å². The minimum absolute atomic E-state index is 0.189. The van der Waals surface area contributed by atoms with Crippen molar-refractivity contribution in [1.29, 1.82) is 0 Å². The minimum atomic E-state index is -3.61. The number of rotatable bonds is 4. The predicted molar refractivity (Wildman–Crippen MR) is 68.6 cm³/mol. The number of benzene rings is 1. The minimum Gasteiger partial charge on any atom is -0.497 e. The van der Waals surface area contributed by atoms with Gasteiger partial charge in [-0.05, 0) is 24.3 Å². The van der Waals surface area contributed by atoms with Gasteiger partial charge in [0.2, 0.25) is 10.0 Å². The summed E-state index contributed by atoms with van der Waals surface area (Å²) in [5.74, 6) is 0.597. The fourth-order valence-corrected chi connectivity index (χ4v) is 3.57. The number of sulfonamides is 1. The van der Waals surface area contributed by atoms with Gasteiger partial charge in [-0.2, -0.15) is 4.31 Å². The van der Waals surface area contributed by atoms with Gasteiger partial charge in [-0.15, -0.1) is 0 Å². The van der Waals surface area contributed by atoms with Crippen LogP contribution in [0.25, 0.3) is 0 Å². The molecule has 106 valence electrons. The monoisotopic (exact) mass is 287 g/mol. The molecule has 1 N–H and O–H groups in total.